The molecule has 14 heavy (non-hydrogen) atoms. The summed E-state index contributed by atoms with van der Waals surface area (Å²) in [6.45, 7) is 2.85. The van der Waals surface area contributed by atoms with Crippen molar-refractivity contribution in [2.75, 3.05) is 6.54 Å². The highest BCUT2D eigenvalue weighted by Crippen LogP contribution is 1.85. The van der Waals surface area contributed by atoms with Crippen LogP contribution in [-0.4, -0.2) is 38.1 Å². The molecule has 0 spiro atoms. The van der Waals surface area contributed by atoms with Crippen LogP contribution in [0.25, 0.3) is 0 Å². The Kier molecular flexibility index (Phi) is 4.99. The highest BCUT2D eigenvalue weighted by molar-refractivity contribution is 7.87. The van der Waals surface area contributed by atoms with Crippen LogP contribution >= 0.6 is 0 Å². The summed E-state index contributed by atoms with van der Waals surface area (Å²) < 4.78 is 26.4. The molecule has 1 atom stereocenters. The average molecular weight is 225 g/mol. The lowest BCUT2D eigenvalue weighted by molar-refractivity contribution is -0.125. The Hall–Kier alpha value is -0.700. The first-order valence-electron chi connectivity index (χ1n) is 3.99. The van der Waals surface area contributed by atoms with Crippen LogP contribution in [0.3, 0.4) is 0 Å². The van der Waals surface area contributed by atoms with Gasteiger partial charge in [-0.05, 0) is 13.8 Å². The minimum absolute atomic E-state index is 0.266. The van der Waals surface area contributed by atoms with E-state index in [9.17, 15) is 13.2 Å². The summed E-state index contributed by atoms with van der Waals surface area (Å²) in [7, 11) is -3.68. The van der Waals surface area contributed by atoms with E-state index < -0.39 is 28.8 Å². The third kappa shape index (κ3) is 5.86. The third-order valence-corrected chi connectivity index (χ3v) is 2.51. The molecule has 7 nitrogen and oxygen atoms in total. The Morgan fingerprint density at radius 3 is 2.36 bits per heavy atom. The van der Waals surface area contributed by atoms with Gasteiger partial charge in [-0.3, -0.25) is 4.79 Å². The van der Waals surface area contributed by atoms with Crippen molar-refractivity contribution in [2.24, 2.45) is 5.73 Å². The molecule has 0 aliphatic rings. The standard InChI is InChI=1S/C6H15N3O4S/c1-4(2)9-14(12,13)8-3-5(10)6(7)11/h4-5,8-10H,3H2,1-2H3,(H2,7,11). The van der Waals surface area contributed by atoms with Gasteiger partial charge in [0.2, 0.25) is 5.91 Å². The summed E-state index contributed by atoms with van der Waals surface area (Å²) in [5, 5.41) is 8.89. The molecule has 0 aliphatic carbocycles. The van der Waals surface area contributed by atoms with E-state index in [1.807, 2.05) is 4.72 Å². The number of rotatable bonds is 6. The van der Waals surface area contributed by atoms with Crippen LogP contribution in [-0.2, 0) is 15.0 Å². The number of aliphatic hydroxyl groups is 1. The molecular formula is C6H15N3O4S. The largest absolute Gasteiger partial charge is 0.382 e. The van der Waals surface area contributed by atoms with Gasteiger partial charge in [0, 0.05) is 12.6 Å². The van der Waals surface area contributed by atoms with Crippen molar-refractivity contribution in [3.05, 3.63) is 0 Å². The molecule has 1 unspecified atom stereocenters. The Labute approximate surface area is 82.9 Å². The number of hydrogen-bond acceptors (Lipinski definition) is 4. The summed E-state index contributed by atoms with van der Waals surface area (Å²) >= 11 is 0. The van der Waals surface area contributed by atoms with E-state index in [2.05, 4.69) is 4.72 Å². The molecule has 1 amide bonds. The summed E-state index contributed by atoms with van der Waals surface area (Å²) in [6.07, 6.45) is -1.52. The highest BCUT2D eigenvalue weighted by Gasteiger charge is 2.16. The lowest BCUT2D eigenvalue weighted by Gasteiger charge is -2.11. The fraction of sp³-hybridized carbons (Fsp3) is 0.833. The molecule has 0 aliphatic heterocycles. The molecule has 0 saturated heterocycles. The number of amides is 1. The fourth-order valence-electron chi connectivity index (χ4n) is 0.641. The van der Waals surface area contributed by atoms with Gasteiger partial charge in [-0.25, -0.2) is 0 Å². The predicted octanol–water partition coefficient (Wildman–Crippen LogP) is -2.33. The van der Waals surface area contributed by atoms with Gasteiger partial charge in [0.15, 0.2) is 0 Å². The number of hydrogen-bond donors (Lipinski definition) is 4. The van der Waals surface area contributed by atoms with Crippen molar-refractivity contribution in [3.8, 4) is 0 Å². The highest BCUT2D eigenvalue weighted by atomic mass is 32.2. The molecule has 5 N–H and O–H groups in total. The van der Waals surface area contributed by atoms with Crippen molar-refractivity contribution in [1.82, 2.24) is 9.44 Å². The topological polar surface area (TPSA) is 122 Å². The second-order valence-corrected chi connectivity index (χ2v) is 4.57. The quantitative estimate of drug-likeness (QED) is 0.405. The molecule has 0 aromatic carbocycles. The van der Waals surface area contributed by atoms with Crippen molar-refractivity contribution in [2.45, 2.75) is 26.0 Å². The van der Waals surface area contributed by atoms with E-state index in [4.69, 9.17) is 10.8 Å². The van der Waals surface area contributed by atoms with Crippen molar-refractivity contribution in [1.29, 1.82) is 0 Å². The number of carbonyl (C=O) groups is 1. The SMILES string of the molecule is CC(C)NS(=O)(=O)NCC(O)C(N)=O. The Bertz CT molecular complexity index is 287. The first kappa shape index (κ1) is 13.3. The average Bonchev–Trinajstić information content (AvgIpc) is 1.97. The normalized spacial score (nSPS) is 14.3. The maximum atomic E-state index is 11.1. The maximum absolute atomic E-state index is 11.1. The first-order valence-corrected chi connectivity index (χ1v) is 5.47. The number of nitrogens with one attached hydrogen (secondary N) is 2. The predicted molar refractivity (Wildman–Crippen MR) is 50.4 cm³/mol. The molecule has 0 saturated carbocycles. The van der Waals surface area contributed by atoms with Crippen molar-refractivity contribution in [3.63, 3.8) is 0 Å². The van der Waals surface area contributed by atoms with Gasteiger partial charge in [-0.2, -0.15) is 17.9 Å². The summed E-state index contributed by atoms with van der Waals surface area (Å²) in [6, 6.07) is -0.266. The zero-order valence-corrected chi connectivity index (χ0v) is 8.84. The molecule has 0 fully saturated rings. The second-order valence-electron chi connectivity index (χ2n) is 3.04. The van der Waals surface area contributed by atoms with Crippen LogP contribution in [0.4, 0.5) is 0 Å². The van der Waals surface area contributed by atoms with Gasteiger partial charge < -0.3 is 10.8 Å². The smallest absolute Gasteiger partial charge is 0.277 e. The Balaban J connectivity index is 4.06. The summed E-state index contributed by atoms with van der Waals surface area (Å²) in [5.41, 5.74) is 4.72. The van der Waals surface area contributed by atoms with E-state index in [1.54, 1.807) is 13.8 Å². The minimum Gasteiger partial charge on any atom is -0.382 e. The van der Waals surface area contributed by atoms with Crippen LogP contribution in [0.5, 0.6) is 0 Å². The molecule has 84 valence electrons. The first-order chi connectivity index (χ1) is 6.24. The van der Waals surface area contributed by atoms with Gasteiger partial charge in [-0.15, -0.1) is 0 Å². The molecule has 0 bridgehead atoms. The van der Waals surface area contributed by atoms with Crippen LogP contribution < -0.4 is 15.2 Å². The zero-order valence-electron chi connectivity index (χ0n) is 8.02. The molecule has 0 radical (unpaired) electrons. The lowest BCUT2D eigenvalue weighted by Crippen LogP contribution is -2.46. The minimum atomic E-state index is -3.68. The van der Waals surface area contributed by atoms with Crippen LogP contribution in [0, 0.1) is 0 Å². The zero-order chi connectivity index (χ0) is 11.4. The summed E-state index contributed by atoms with van der Waals surface area (Å²) in [5.74, 6) is -0.975. The van der Waals surface area contributed by atoms with Gasteiger partial charge in [0.25, 0.3) is 10.2 Å². The van der Waals surface area contributed by atoms with Crippen molar-refractivity contribution >= 4 is 16.1 Å². The van der Waals surface area contributed by atoms with Crippen LogP contribution in [0.1, 0.15) is 13.8 Å². The van der Waals surface area contributed by atoms with E-state index in [1.165, 1.54) is 0 Å². The van der Waals surface area contributed by atoms with Crippen LogP contribution in [0.2, 0.25) is 0 Å². The van der Waals surface area contributed by atoms with Gasteiger partial charge in [0.1, 0.15) is 6.10 Å². The van der Waals surface area contributed by atoms with Gasteiger partial charge >= 0.3 is 0 Å². The molecule has 0 aromatic rings. The number of carbonyl (C=O) groups excluding carboxylic acids is 1. The van der Waals surface area contributed by atoms with Gasteiger partial charge in [0.05, 0.1) is 0 Å². The second kappa shape index (κ2) is 5.25. The van der Waals surface area contributed by atoms with E-state index >= 15 is 0 Å². The number of primary amides is 1. The van der Waals surface area contributed by atoms with Crippen molar-refractivity contribution < 1.29 is 18.3 Å². The number of nitrogens with two attached hydrogens (primary N) is 1. The third-order valence-electron chi connectivity index (χ3n) is 1.19. The fourth-order valence-corrected chi connectivity index (χ4v) is 1.72. The molecular weight excluding hydrogens is 210 g/mol. The molecule has 0 heterocycles. The molecule has 8 heteroatoms. The Morgan fingerprint density at radius 2 is 2.00 bits per heavy atom. The monoisotopic (exact) mass is 225 g/mol. The van der Waals surface area contributed by atoms with E-state index in [-0.39, 0.29) is 6.04 Å². The summed E-state index contributed by atoms with van der Waals surface area (Å²) in [4.78, 5) is 10.4. The van der Waals surface area contributed by atoms with E-state index in [0.717, 1.165) is 0 Å². The number of aliphatic hydroxyl groups excluding tert-OH is 1. The molecule has 0 rings (SSSR count). The van der Waals surface area contributed by atoms with E-state index in [0.29, 0.717) is 0 Å². The van der Waals surface area contributed by atoms with Crippen LogP contribution in [0.15, 0.2) is 0 Å². The maximum Gasteiger partial charge on any atom is 0.277 e. The Morgan fingerprint density at radius 1 is 1.50 bits per heavy atom. The molecule has 0 aromatic heterocycles. The van der Waals surface area contributed by atoms with Gasteiger partial charge in [-0.1, -0.05) is 0 Å². The lowest BCUT2D eigenvalue weighted by atomic mass is 10.3.